The number of esters is 2. The summed E-state index contributed by atoms with van der Waals surface area (Å²) in [5, 5.41) is 2.33. The molecule has 0 N–H and O–H groups in total. The maximum atomic E-state index is 13.7. The van der Waals surface area contributed by atoms with Crippen LogP contribution in [-0.2, 0) is 35.5 Å². The summed E-state index contributed by atoms with van der Waals surface area (Å²) < 4.78 is 49.4. The monoisotopic (exact) mass is 810 g/mol. The first kappa shape index (κ1) is 42.7. The van der Waals surface area contributed by atoms with Crippen LogP contribution >= 0.6 is 0 Å². The van der Waals surface area contributed by atoms with Crippen molar-refractivity contribution >= 4 is 33.5 Å². The highest BCUT2D eigenvalue weighted by Gasteiger charge is 2.31. The third kappa shape index (κ3) is 8.45. The van der Waals surface area contributed by atoms with Crippen LogP contribution in [0.1, 0.15) is 56.8 Å². The molecule has 6 aromatic carbocycles. The van der Waals surface area contributed by atoms with Crippen LogP contribution in [0.4, 0.5) is 0 Å². The van der Waals surface area contributed by atoms with Crippen molar-refractivity contribution in [2.45, 2.75) is 39.9 Å². The number of hydrogen-bond acceptors (Lipinski definition) is 10. The molecule has 0 heterocycles. The first-order chi connectivity index (χ1) is 29.3. The molecule has 0 aliphatic rings. The predicted molar refractivity (Wildman–Crippen MR) is 234 cm³/mol. The first-order valence-electron chi connectivity index (χ1n) is 19.7. The third-order valence-corrected chi connectivity index (χ3v) is 10.1. The normalized spacial score (nSPS) is 10.8. The number of rotatable bonds is 19. The van der Waals surface area contributed by atoms with E-state index in [1.54, 1.807) is 66.6 Å². The molecule has 0 aliphatic carbocycles. The van der Waals surface area contributed by atoms with Gasteiger partial charge in [-0.3, -0.25) is 0 Å². The van der Waals surface area contributed by atoms with Crippen LogP contribution in [0.25, 0.3) is 32.7 Å². The quantitative estimate of drug-likeness (QED) is 0.0579. The van der Waals surface area contributed by atoms with Crippen molar-refractivity contribution in [3.63, 3.8) is 0 Å². The summed E-state index contributed by atoms with van der Waals surface area (Å²) in [6, 6.07) is 26.7. The molecule has 6 rings (SSSR count). The summed E-state index contributed by atoms with van der Waals surface area (Å²) >= 11 is 0. The standard InChI is InChI=1S/C50H50O10/c1-9-19-33-39(49(51)57-11-3)25-35-37(45(33)59-29-31-21-15-13-16-22-31)27-41(53-5)43(47(35)55-7)44-42(54-6)28-38-36(48(44)56-8)26-40(50(52)58-12-4)34(20-10-2)46(38)60-30-32-23-17-14-18-24-32/h9-10,13-18,21-28H,1-2,11-12,19-20,29-30H2,3-8H3. The van der Waals surface area contributed by atoms with Crippen LogP contribution in [0, 0.1) is 0 Å². The van der Waals surface area contributed by atoms with E-state index in [9.17, 15) is 9.59 Å². The summed E-state index contributed by atoms with van der Waals surface area (Å²) in [5.41, 5.74) is 4.60. The highest BCUT2D eigenvalue weighted by atomic mass is 16.5. The lowest BCUT2D eigenvalue weighted by Crippen LogP contribution is -2.11. The zero-order valence-electron chi connectivity index (χ0n) is 35.0. The molecule has 0 atom stereocenters. The van der Waals surface area contributed by atoms with E-state index in [1.807, 2.05) is 72.8 Å². The van der Waals surface area contributed by atoms with Crippen molar-refractivity contribution in [3.05, 3.63) is 144 Å². The Morgan fingerprint density at radius 1 is 0.517 bits per heavy atom. The molecule has 0 spiro atoms. The van der Waals surface area contributed by atoms with Gasteiger partial charge in [0.15, 0.2) is 0 Å². The Morgan fingerprint density at radius 2 is 0.883 bits per heavy atom. The van der Waals surface area contributed by atoms with E-state index in [0.29, 0.717) is 102 Å². The van der Waals surface area contributed by atoms with E-state index in [4.69, 9.17) is 37.9 Å². The van der Waals surface area contributed by atoms with Gasteiger partial charge in [-0.05, 0) is 62.1 Å². The van der Waals surface area contributed by atoms with Crippen molar-refractivity contribution in [3.8, 4) is 45.6 Å². The Labute approximate surface area is 350 Å². The topological polar surface area (TPSA) is 108 Å². The van der Waals surface area contributed by atoms with Crippen LogP contribution in [0.5, 0.6) is 34.5 Å². The van der Waals surface area contributed by atoms with Gasteiger partial charge in [0.25, 0.3) is 0 Å². The first-order valence-corrected chi connectivity index (χ1v) is 19.7. The molecular formula is C50H50O10. The van der Waals surface area contributed by atoms with Gasteiger partial charge in [0.05, 0.1) is 63.9 Å². The van der Waals surface area contributed by atoms with Gasteiger partial charge in [-0.2, -0.15) is 0 Å². The van der Waals surface area contributed by atoms with Crippen LogP contribution in [0.2, 0.25) is 0 Å². The van der Waals surface area contributed by atoms with Crippen LogP contribution < -0.4 is 28.4 Å². The van der Waals surface area contributed by atoms with Crippen molar-refractivity contribution < 1.29 is 47.5 Å². The van der Waals surface area contributed by atoms with Crippen LogP contribution in [-0.4, -0.2) is 53.6 Å². The minimum atomic E-state index is -0.522. The second kappa shape index (κ2) is 19.7. The lowest BCUT2D eigenvalue weighted by atomic mass is 9.89. The Morgan fingerprint density at radius 3 is 1.20 bits per heavy atom. The number of fused-ring (bicyclic) bond motifs is 2. The number of hydrogen-bond donors (Lipinski definition) is 0. The van der Waals surface area contributed by atoms with Crippen molar-refractivity contribution in [1.82, 2.24) is 0 Å². The highest BCUT2D eigenvalue weighted by molar-refractivity contribution is 6.11. The molecule has 0 aromatic heterocycles. The molecule has 0 bridgehead atoms. The second-order valence-electron chi connectivity index (χ2n) is 13.6. The molecule has 0 saturated carbocycles. The number of carbonyl (C=O) groups excluding carboxylic acids is 2. The minimum Gasteiger partial charge on any atom is -0.496 e. The van der Waals surface area contributed by atoms with E-state index >= 15 is 0 Å². The number of benzene rings is 6. The number of methoxy groups -OCH3 is 4. The van der Waals surface area contributed by atoms with E-state index in [2.05, 4.69) is 13.2 Å². The Balaban J connectivity index is 1.72. The molecule has 60 heavy (non-hydrogen) atoms. The largest absolute Gasteiger partial charge is 0.496 e. The molecule has 0 aliphatic heterocycles. The summed E-state index contributed by atoms with van der Waals surface area (Å²) in [5.74, 6) is 1.33. The number of carbonyl (C=O) groups is 2. The SMILES string of the molecule is C=CCc1c(C(=O)OCC)cc2c(OC)c(-c3c(OC)cc4c(OCc5ccccc5)c(CC=C)c(C(=O)OCC)cc4c3OC)c(OC)cc2c1OCc1ccccc1. The highest BCUT2D eigenvalue weighted by Crippen LogP contribution is 2.56. The Hall–Kier alpha value is -6.94. The van der Waals surface area contributed by atoms with Gasteiger partial charge >= 0.3 is 11.9 Å². The van der Waals surface area contributed by atoms with E-state index in [1.165, 1.54) is 0 Å². The minimum absolute atomic E-state index is 0.167. The predicted octanol–water partition coefficient (Wildman–Crippen LogP) is 10.7. The summed E-state index contributed by atoms with van der Waals surface area (Å²) in [7, 11) is 6.20. The Kier molecular flexibility index (Phi) is 14.0. The fourth-order valence-corrected chi connectivity index (χ4v) is 7.48. The van der Waals surface area contributed by atoms with Gasteiger partial charge in [0.2, 0.25) is 0 Å². The van der Waals surface area contributed by atoms with Crippen molar-refractivity contribution in [2.75, 3.05) is 41.7 Å². The molecule has 0 saturated heterocycles. The van der Waals surface area contributed by atoms with Gasteiger partial charge < -0.3 is 37.9 Å². The van der Waals surface area contributed by atoms with E-state index in [0.717, 1.165) is 11.1 Å². The van der Waals surface area contributed by atoms with Gasteiger partial charge in [0, 0.05) is 32.7 Å². The molecule has 0 radical (unpaired) electrons. The average molecular weight is 811 g/mol. The zero-order chi connectivity index (χ0) is 42.8. The van der Waals surface area contributed by atoms with Gasteiger partial charge in [-0.25, -0.2) is 9.59 Å². The van der Waals surface area contributed by atoms with E-state index < -0.39 is 11.9 Å². The van der Waals surface area contributed by atoms with Gasteiger partial charge in [-0.15, -0.1) is 13.2 Å². The molecule has 10 nitrogen and oxygen atoms in total. The average Bonchev–Trinajstić information content (AvgIpc) is 3.27. The Bertz CT molecular complexity index is 2350. The van der Waals surface area contributed by atoms with Crippen molar-refractivity contribution in [2.24, 2.45) is 0 Å². The van der Waals surface area contributed by atoms with E-state index in [-0.39, 0.29) is 26.4 Å². The zero-order valence-corrected chi connectivity index (χ0v) is 35.0. The molecule has 0 unspecified atom stereocenters. The van der Waals surface area contributed by atoms with Crippen LogP contribution in [0.3, 0.4) is 0 Å². The molecule has 0 fully saturated rings. The summed E-state index contributed by atoms with van der Waals surface area (Å²) in [6.45, 7) is 12.2. The number of ether oxygens (including phenoxy) is 8. The second-order valence-corrected chi connectivity index (χ2v) is 13.6. The lowest BCUT2D eigenvalue weighted by Gasteiger charge is -2.25. The maximum Gasteiger partial charge on any atom is 0.338 e. The number of allylic oxidation sites excluding steroid dienone is 2. The molecule has 0 amide bonds. The van der Waals surface area contributed by atoms with Gasteiger partial charge in [0.1, 0.15) is 47.7 Å². The molecule has 10 heteroatoms. The third-order valence-electron chi connectivity index (χ3n) is 10.1. The maximum absolute atomic E-state index is 13.7. The smallest absolute Gasteiger partial charge is 0.338 e. The molecular weight excluding hydrogens is 761 g/mol. The summed E-state index contributed by atoms with van der Waals surface area (Å²) in [6.07, 6.45) is 4.07. The molecule has 6 aromatic rings. The van der Waals surface area contributed by atoms with Crippen LogP contribution in [0.15, 0.2) is 110 Å². The summed E-state index contributed by atoms with van der Waals surface area (Å²) in [4.78, 5) is 27.5. The fourth-order valence-electron chi connectivity index (χ4n) is 7.48. The van der Waals surface area contributed by atoms with Gasteiger partial charge in [-0.1, -0.05) is 72.8 Å². The fraction of sp³-hybridized carbons (Fsp3) is 0.240. The lowest BCUT2D eigenvalue weighted by molar-refractivity contribution is 0.0515. The van der Waals surface area contributed by atoms with Crippen molar-refractivity contribution in [1.29, 1.82) is 0 Å². The molecule has 310 valence electrons.